The fraction of sp³-hybridized carbons (Fsp3) is 0.394. The van der Waals surface area contributed by atoms with E-state index in [0.717, 1.165) is 59.6 Å². The third kappa shape index (κ3) is 6.54. The quantitative estimate of drug-likeness (QED) is 0.171. The molecule has 0 unspecified atom stereocenters. The number of methoxy groups -OCH3 is 2. The van der Waals surface area contributed by atoms with Crippen LogP contribution in [0.4, 0.5) is 0 Å². The molecular weight excluding hydrogens is 536 g/mol. The topological polar surface area (TPSA) is 70.0 Å². The van der Waals surface area contributed by atoms with Gasteiger partial charge in [0.15, 0.2) is 11.5 Å². The van der Waals surface area contributed by atoms with Gasteiger partial charge in [0.2, 0.25) is 9.84 Å². The summed E-state index contributed by atoms with van der Waals surface area (Å²) in [6.45, 7) is 8.38. The Balaban J connectivity index is 1.36. The molecule has 7 nitrogen and oxygen atoms in total. The van der Waals surface area contributed by atoms with Gasteiger partial charge in [-0.25, -0.2) is 8.42 Å². The molecule has 0 saturated heterocycles. The number of aryl methyl sites for hydroxylation is 2. The van der Waals surface area contributed by atoms with Crippen molar-refractivity contribution < 1.29 is 22.6 Å². The van der Waals surface area contributed by atoms with E-state index in [4.69, 9.17) is 14.2 Å². The molecule has 4 aromatic rings. The molecule has 0 aliphatic carbocycles. The van der Waals surface area contributed by atoms with E-state index in [9.17, 15) is 8.42 Å². The summed E-state index contributed by atoms with van der Waals surface area (Å²) < 4.78 is 46.6. The molecule has 41 heavy (non-hydrogen) atoms. The molecule has 220 valence electrons. The molecule has 0 aliphatic heterocycles. The first-order valence-corrected chi connectivity index (χ1v) is 15.5. The number of hydrogen-bond acceptors (Lipinski definition) is 6. The van der Waals surface area contributed by atoms with Crippen molar-refractivity contribution in [1.29, 1.82) is 0 Å². The molecule has 0 fully saturated rings. The van der Waals surface area contributed by atoms with E-state index in [-0.39, 0.29) is 10.8 Å². The Hall–Kier alpha value is -3.49. The fourth-order valence-electron chi connectivity index (χ4n) is 5.38. The molecular formula is C33H42N2O5S. The number of sulfone groups is 1. The molecule has 1 heterocycles. The Morgan fingerprint density at radius 3 is 2.29 bits per heavy atom. The predicted molar refractivity (Wildman–Crippen MR) is 164 cm³/mol. The number of aromatic nitrogens is 1. The summed E-state index contributed by atoms with van der Waals surface area (Å²) in [7, 11) is 3.60. The summed E-state index contributed by atoms with van der Waals surface area (Å²) in [4.78, 5) is 2.96. The van der Waals surface area contributed by atoms with Crippen molar-refractivity contribution in [2.45, 2.75) is 49.3 Å². The minimum atomic E-state index is -3.73. The Bertz CT molecular complexity index is 1590. The van der Waals surface area contributed by atoms with Crippen LogP contribution in [-0.2, 0) is 23.3 Å². The largest absolute Gasteiger partial charge is 0.494 e. The van der Waals surface area contributed by atoms with Crippen molar-refractivity contribution in [2.24, 2.45) is 7.05 Å². The van der Waals surface area contributed by atoms with Crippen LogP contribution < -0.4 is 14.2 Å². The van der Waals surface area contributed by atoms with E-state index in [1.165, 1.54) is 5.56 Å². The van der Waals surface area contributed by atoms with Crippen molar-refractivity contribution in [3.05, 3.63) is 77.5 Å². The van der Waals surface area contributed by atoms with Crippen LogP contribution in [0.15, 0.2) is 70.5 Å². The van der Waals surface area contributed by atoms with E-state index in [2.05, 4.69) is 18.0 Å². The predicted octanol–water partition coefficient (Wildman–Crippen LogP) is 6.40. The Morgan fingerprint density at radius 2 is 1.63 bits per heavy atom. The average molecular weight is 579 g/mol. The van der Waals surface area contributed by atoms with E-state index in [0.29, 0.717) is 17.3 Å². The smallest absolute Gasteiger partial charge is 0.209 e. The van der Waals surface area contributed by atoms with Crippen LogP contribution in [0, 0.1) is 6.92 Å². The Morgan fingerprint density at radius 1 is 0.927 bits per heavy atom. The van der Waals surface area contributed by atoms with Gasteiger partial charge in [-0.05, 0) is 86.3 Å². The van der Waals surface area contributed by atoms with Gasteiger partial charge in [0.25, 0.3) is 0 Å². The number of ether oxygens (including phenoxy) is 3. The zero-order valence-electron chi connectivity index (χ0n) is 25.2. The Labute approximate surface area is 244 Å². The van der Waals surface area contributed by atoms with Crippen LogP contribution in [0.25, 0.3) is 10.9 Å². The first-order chi connectivity index (χ1) is 19.6. The number of hydrogen-bond donors (Lipinski definition) is 0. The molecule has 0 saturated carbocycles. The van der Waals surface area contributed by atoms with Gasteiger partial charge in [-0.2, -0.15) is 0 Å². The van der Waals surface area contributed by atoms with Gasteiger partial charge in [0.05, 0.1) is 25.7 Å². The van der Waals surface area contributed by atoms with Crippen LogP contribution in [0.1, 0.15) is 43.0 Å². The van der Waals surface area contributed by atoms with Crippen molar-refractivity contribution in [3.63, 3.8) is 0 Å². The van der Waals surface area contributed by atoms with Crippen molar-refractivity contribution in [1.82, 2.24) is 9.47 Å². The first kappa shape index (κ1) is 30.5. The molecule has 8 heteroatoms. The summed E-state index contributed by atoms with van der Waals surface area (Å²) in [5.41, 5.74) is 3.91. The molecule has 0 radical (unpaired) electrons. The monoisotopic (exact) mass is 578 g/mol. The molecule has 0 bridgehead atoms. The van der Waals surface area contributed by atoms with Gasteiger partial charge < -0.3 is 23.7 Å². The van der Waals surface area contributed by atoms with Crippen LogP contribution in [0.2, 0.25) is 0 Å². The maximum Gasteiger partial charge on any atom is 0.209 e. The highest BCUT2D eigenvalue weighted by atomic mass is 32.2. The van der Waals surface area contributed by atoms with Gasteiger partial charge in [-0.1, -0.05) is 32.0 Å². The van der Waals surface area contributed by atoms with E-state index in [1.807, 2.05) is 62.7 Å². The Kier molecular flexibility index (Phi) is 9.66. The molecule has 1 aromatic heterocycles. The molecule has 0 aliphatic rings. The lowest BCUT2D eigenvalue weighted by Crippen LogP contribution is -2.23. The normalized spacial score (nSPS) is 11.9. The standard InChI is InChI=1S/C33H42N2O5S/c1-23(2)32-33(31-24(3)10-8-11-28(31)35(32)5)41(36,37)27-15-13-26(14-16-27)40-21-9-19-34(4)20-18-25-12-17-29(38-6)30(22-25)39-7/h8,10-17,22-23H,9,18-21H2,1-7H3. The molecule has 0 spiro atoms. The van der Waals surface area contributed by atoms with Gasteiger partial charge >= 0.3 is 0 Å². The number of benzene rings is 3. The second kappa shape index (κ2) is 13.0. The SMILES string of the molecule is COc1ccc(CCN(C)CCCOc2ccc(S(=O)(=O)c3c(C(C)C)n(C)c4cccc(C)c34)cc2)cc1OC. The third-order valence-corrected chi connectivity index (χ3v) is 9.41. The van der Waals surface area contributed by atoms with Crippen LogP contribution in [-0.4, -0.2) is 58.8 Å². The van der Waals surface area contributed by atoms with Crippen LogP contribution >= 0.6 is 0 Å². The van der Waals surface area contributed by atoms with Gasteiger partial charge in [0.1, 0.15) is 10.6 Å². The summed E-state index contributed by atoms with van der Waals surface area (Å²) in [5.74, 6) is 2.19. The summed E-state index contributed by atoms with van der Waals surface area (Å²) in [6.07, 6.45) is 1.76. The second-order valence-electron chi connectivity index (χ2n) is 10.8. The van der Waals surface area contributed by atoms with Crippen molar-refractivity contribution in [2.75, 3.05) is 41.0 Å². The number of fused-ring (bicyclic) bond motifs is 1. The number of rotatable bonds is 13. The maximum absolute atomic E-state index is 13.9. The molecule has 4 rings (SSSR count). The highest BCUT2D eigenvalue weighted by Crippen LogP contribution is 2.39. The van der Waals surface area contributed by atoms with E-state index in [1.54, 1.807) is 38.5 Å². The molecule has 3 aromatic carbocycles. The van der Waals surface area contributed by atoms with Crippen LogP contribution in [0.3, 0.4) is 0 Å². The lowest BCUT2D eigenvalue weighted by atomic mass is 10.1. The number of likely N-dealkylation sites (N-methyl/N-ethyl adjacent to an activating group) is 1. The highest BCUT2D eigenvalue weighted by Gasteiger charge is 2.30. The highest BCUT2D eigenvalue weighted by molar-refractivity contribution is 7.91. The van der Waals surface area contributed by atoms with Crippen molar-refractivity contribution in [3.8, 4) is 17.2 Å². The molecule has 0 N–H and O–H groups in total. The van der Waals surface area contributed by atoms with E-state index < -0.39 is 9.84 Å². The lowest BCUT2D eigenvalue weighted by molar-refractivity contribution is 0.264. The zero-order chi connectivity index (χ0) is 29.7. The second-order valence-corrected chi connectivity index (χ2v) is 12.7. The summed E-state index contributed by atoms with van der Waals surface area (Å²) >= 11 is 0. The fourth-order valence-corrected chi connectivity index (χ4v) is 7.30. The lowest BCUT2D eigenvalue weighted by Gasteiger charge is -2.17. The summed E-state index contributed by atoms with van der Waals surface area (Å²) in [5, 5.41) is 0.800. The zero-order valence-corrected chi connectivity index (χ0v) is 26.0. The minimum absolute atomic E-state index is 0.0522. The maximum atomic E-state index is 13.9. The first-order valence-electron chi connectivity index (χ1n) is 14.0. The van der Waals surface area contributed by atoms with Gasteiger partial charge in [-0.3, -0.25) is 0 Å². The molecule has 0 amide bonds. The van der Waals surface area contributed by atoms with Gasteiger partial charge in [0, 0.05) is 36.7 Å². The molecule has 0 atom stereocenters. The van der Waals surface area contributed by atoms with Crippen molar-refractivity contribution >= 4 is 20.7 Å². The average Bonchev–Trinajstić information content (AvgIpc) is 3.28. The van der Waals surface area contributed by atoms with Crippen LogP contribution in [0.5, 0.6) is 17.2 Å². The number of nitrogens with zero attached hydrogens (tertiary/aromatic N) is 2. The summed E-state index contributed by atoms with van der Waals surface area (Å²) in [6, 6.07) is 18.8. The third-order valence-electron chi connectivity index (χ3n) is 7.57. The van der Waals surface area contributed by atoms with E-state index >= 15 is 0 Å². The van der Waals surface area contributed by atoms with Gasteiger partial charge in [-0.15, -0.1) is 0 Å². The minimum Gasteiger partial charge on any atom is -0.494 e.